The molecule has 3 atom stereocenters. The Morgan fingerprint density at radius 1 is 1.06 bits per heavy atom. The third-order valence-electron chi connectivity index (χ3n) is 4.89. The minimum Gasteiger partial charge on any atom is -0.481 e. The predicted octanol–water partition coefficient (Wildman–Crippen LogP) is -3.09. The second-order valence-electron chi connectivity index (χ2n) is 7.29. The fourth-order valence-electron chi connectivity index (χ4n) is 3.29. The molecule has 10 N–H and O–H groups in total. The van der Waals surface area contributed by atoms with Crippen LogP contribution >= 0.6 is 0 Å². The van der Waals surface area contributed by atoms with Gasteiger partial charge in [-0.2, -0.15) is 0 Å². The number of aliphatic imine (C=N–C) groups is 1. The van der Waals surface area contributed by atoms with Gasteiger partial charge in [0, 0.05) is 19.5 Å². The Balaban J connectivity index is 2.84. The number of nitrogens with zero attached hydrogens (tertiary/aromatic N) is 2. The minimum atomic E-state index is -1.30. The average Bonchev–Trinajstić information content (AvgIpc) is 3.21. The molecule has 0 aromatic rings. The van der Waals surface area contributed by atoms with Gasteiger partial charge in [-0.1, -0.05) is 0 Å². The molecule has 0 aliphatic carbocycles. The number of hydrogen-bond acceptors (Lipinski definition) is 7. The Morgan fingerprint density at radius 2 is 1.75 bits per heavy atom. The normalized spacial score (nSPS) is 17.2. The van der Waals surface area contributed by atoms with E-state index in [0.717, 1.165) is 0 Å². The van der Waals surface area contributed by atoms with E-state index in [4.69, 9.17) is 22.3 Å². The summed E-state index contributed by atoms with van der Waals surface area (Å²) in [4.78, 5) is 64.8. The van der Waals surface area contributed by atoms with E-state index in [0.29, 0.717) is 19.4 Å². The van der Waals surface area contributed by atoms with Gasteiger partial charge >= 0.3 is 11.9 Å². The molecule has 0 aromatic carbocycles. The van der Waals surface area contributed by atoms with E-state index in [9.17, 15) is 29.1 Å². The fraction of sp³-hybridized carbons (Fsp3) is 0.667. The molecule has 0 spiro atoms. The number of hydrogen-bond donors (Lipinski definition) is 7. The number of aliphatic carboxylic acids is 2. The molecule has 3 amide bonds. The van der Waals surface area contributed by atoms with Crippen LogP contribution in [0.25, 0.3) is 0 Å². The van der Waals surface area contributed by atoms with Crippen LogP contribution in [0, 0.1) is 0 Å². The highest BCUT2D eigenvalue weighted by molar-refractivity contribution is 5.94. The lowest BCUT2D eigenvalue weighted by atomic mass is 10.1. The third kappa shape index (κ3) is 8.75. The Labute approximate surface area is 184 Å². The number of nitrogens with two attached hydrogens (primary N) is 3. The first kappa shape index (κ1) is 26.6. The lowest BCUT2D eigenvalue weighted by molar-refractivity contribution is -0.143. The van der Waals surface area contributed by atoms with Gasteiger partial charge in [0.15, 0.2) is 5.96 Å². The standard InChI is InChI=1S/C18H31N7O7/c19-9-13(26)25-8-2-4-12(25)16(30)23-10(5-6-14(27)28)15(29)24-11(17(31)32)3-1-7-22-18(20)21/h10-12H,1-9,19H2,(H,23,30)(H,24,29)(H,27,28)(H,31,32)(H4,20,21,22). The van der Waals surface area contributed by atoms with Gasteiger partial charge in [0.25, 0.3) is 0 Å². The van der Waals surface area contributed by atoms with Crippen molar-refractivity contribution >= 4 is 35.6 Å². The second-order valence-corrected chi connectivity index (χ2v) is 7.29. The number of carbonyl (C=O) groups is 5. The Kier molecular flexibility index (Phi) is 10.9. The van der Waals surface area contributed by atoms with Crippen LogP contribution in [-0.2, 0) is 24.0 Å². The molecule has 14 nitrogen and oxygen atoms in total. The van der Waals surface area contributed by atoms with Crippen molar-refractivity contribution in [3.05, 3.63) is 0 Å². The van der Waals surface area contributed by atoms with E-state index in [1.165, 1.54) is 4.90 Å². The summed E-state index contributed by atoms with van der Waals surface area (Å²) < 4.78 is 0. The van der Waals surface area contributed by atoms with Gasteiger partial charge in [-0.3, -0.25) is 24.2 Å². The zero-order valence-electron chi connectivity index (χ0n) is 17.7. The maximum absolute atomic E-state index is 12.7. The van der Waals surface area contributed by atoms with Crippen molar-refractivity contribution in [2.24, 2.45) is 22.2 Å². The molecule has 14 heteroatoms. The molecule has 0 bridgehead atoms. The molecule has 1 rings (SSSR count). The molecular weight excluding hydrogens is 426 g/mol. The van der Waals surface area contributed by atoms with Crippen LogP contribution in [0.1, 0.15) is 38.5 Å². The second kappa shape index (κ2) is 13.1. The first-order chi connectivity index (χ1) is 15.1. The number of nitrogens with one attached hydrogen (secondary N) is 2. The summed E-state index contributed by atoms with van der Waals surface area (Å²) in [6.45, 7) is 0.234. The van der Waals surface area contributed by atoms with Crippen LogP contribution in [0.5, 0.6) is 0 Å². The number of carbonyl (C=O) groups excluding carboxylic acids is 3. The molecule has 1 heterocycles. The number of carboxylic acid groups (broad SMARTS) is 2. The molecule has 0 aromatic heterocycles. The lowest BCUT2D eigenvalue weighted by Gasteiger charge is -2.26. The SMILES string of the molecule is NCC(=O)N1CCCC1C(=O)NC(CCC(=O)O)C(=O)NC(CCCN=C(N)N)C(=O)O. The van der Waals surface area contributed by atoms with E-state index >= 15 is 0 Å². The van der Waals surface area contributed by atoms with Crippen molar-refractivity contribution < 1.29 is 34.2 Å². The summed E-state index contributed by atoms with van der Waals surface area (Å²) in [5.41, 5.74) is 15.8. The number of rotatable bonds is 13. The lowest BCUT2D eigenvalue weighted by Crippen LogP contribution is -2.55. The van der Waals surface area contributed by atoms with Gasteiger partial charge in [0.2, 0.25) is 17.7 Å². The Bertz CT molecular complexity index is 739. The highest BCUT2D eigenvalue weighted by atomic mass is 16.4. The van der Waals surface area contributed by atoms with Crippen LogP contribution in [0.4, 0.5) is 0 Å². The summed E-state index contributed by atoms with van der Waals surface area (Å²) in [6, 6.07) is -3.42. The minimum absolute atomic E-state index is 0.0128. The van der Waals surface area contributed by atoms with E-state index in [-0.39, 0.29) is 38.3 Å². The third-order valence-corrected chi connectivity index (χ3v) is 4.89. The molecule has 0 radical (unpaired) electrons. The van der Waals surface area contributed by atoms with Gasteiger partial charge < -0.3 is 42.9 Å². The number of amides is 3. The van der Waals surface area contributed by atoms with Gasteiger partial charge in [0.1, 0.15) is 18.1 Å². The summed E-state index contributed by atoms with van der Waals surface area (Å²) in [5, 5.41) is 23.1. The Morgan fingerprint density at radius 3 is 2.31 bits per heavy atom. The highest BCUT2D eigenvalue weighted by Gasteiger charge is 2.36. The molecule has 180 valence electrons. The van der Waals surface area contributed by atoms with Crippen molar-refractivity contribution in [1.82, 2.24) is 15.5 Å². The van der Waals surface area contributed by atoms with Gasteiger partial charge in [-0.25, -0.2) is 4.79 Å². The summed E-state index contributed by atoms with van der Waals surface area (Å²) in [7, 11) is 0. The average molecular weight is 457 g/mol. The first-order valence-corrected chi connectivity index (χ1v) is 10.2. The van der Waals surface area contributed by atoms with Crippen molar-refractivity contribution in [2.75, 3.05) is 19.6 Å². The van der Waals surface area contributed by atoms with Crippen LogP contribution in [0.3, 0.4) is 0 Å². The molecule has 32 heavy (non-hydrogen) atoms. The van der Waals surface area contributed by atoms with E-state index in [1.807, 2.05) is 0 Å². The molecule has 1 aliphatic rings. The maximum atomic E-state index is 12.7. The van der Waals surface area contributed by atoms with Crippen LogP contribution in [-0.4, -0.2) is 88.5 Å². The monoisotopic (exact) mass is 457 g/mol. The molecule has 3 unspecified atom stereocenters. The zero-order valence-corrected chi connectivity index (χ0v) is 17.7. The molecule has 1 saturated heterocycles. The number of likely N-dealkylation sites (tertiary alicyclic amines) is 1. The van der Waals surface area contributed by atoms with Crippen molar-refractivity contribution in [1.29, 1.82) is 0 Å². The van der Waals surface area contributed by atoms with Gasteiger partial charge in [0.05, 0.1) is 6.54 Å². The molecule has 1 fully saturated rings. The Hall–Kier alpha value is -3.42. The van der Waals surface area contributed by atoms with Crippen molar-refractivity contribution in [3.8, 4) is 0 Å². The van der Waals surface area contributed by atoms with E-state index in [1.54, 1.807) is 0 Å². The van der Waals surface area contributed by atoms with Gasteiger partial charge in [-0.05, 0) is 32.1 Å². The van der Waals surface area contributed by atoms with Gasteiger partial charge in [-0.15, -0.1) is 0 Å². The highest BCUT2D eigenvalue weighted by Crippen LogP contribution is 2.18. The van der Waals surface area contributed by atoms with Crippen molar-refractivity contribution in [3.63, 3.8) is 0 Å². The summed E-state index contributed by atoms with van der Waals surface area (Å²) >= 11 is 0. The number of guanidine groups is 1. The smallest absolute Gasteiger partial charge is 0.326 e. The van der Waals surface area contributed by atoms with Crippen LogP contribution in [0.2, 0.25) is 0 Å². The number of carboxylic acids is 2. The quantitative estimate of drug-likeness (QED) is 0.0834. The predicted molar refractivity (Wildman–Crippen MR) is 112 cm³/mol. The summed E-state index contributed by atoms with van der Waals surface area (Å²) in [5.74, 6) is -4.53. The fourth-order valence-corrected chi connectivity index (χ4v) is 3.29. The van der Waals surface area contributed by atoms with Crippen LogP contribution in [0.15, 0.2) is 4.99 Å². The summed E-state index contributed by atoms with van der Waals surface area (Å²) in [6.07, 6.45) is 0.528. The van der Waals surface area contributed by atoms with Crippen molar-refractivity contribution in [2.45, 2.75) is 56.7 Å². The first-order valence-electron chi connectivity index (χ1n) is 10.2. The molecule has 1 aliphatic heterocycles. The largest absolute Gasteiger partial charge is 0.481 e. The van der Waals surface area contributed by atoms with Crippen LogP contribution < -0.4 is 27.8 Å². The van der Waals surface area contributed by atoms with E-state index in [2.05, 4.69) is 15.6 Å². The maximum Gasteiger partial charge on any atom is 0.326 e. The zero-order chi connectivity index (χ0) is 24.3. The topological polar surface area (TPSA) is 244 Å². The molecule has 0 saturated carbocycles. The molecular formula is C18H31N7O7. The van der Waals surface area contributed by atoms with E-state index < -0.39 is 54.2 Å².